The molecule has 3 N–H and O–H groups in total. The normalized spacial score (nSPS) is 27.5. The van der Waals surface area contributed by atoms with E-state index < -0.39 is 36.2 Å². The maximum atomic E-state index is 14.3. The van der Waals surface area contributed by atoms with Crippen LogP contribution in [0.5, 0.6) is 0 Å². The number of nitrogens with one attached hydrogen (secondary N) is 1. The summed E-state index contributed by atoms with van der Waals surface area (Å²) < 4.78 is 24.0. The molecule has 2 aliphatic rings. The number of hydrogen-bond acceptors (Lipinski definition) is 6. The minimum atomic E-state index is -1.14. The van der Waals surface area contributed by atoms with Gasteiger partial charge in [0.25, 0.3) is 0 Å². The second-order valence-corrected chi connectivity index (χ2v) is 7.51. The molecule has 5 unspecified atom stereocenters. The van der Waals surface area contributed by atoms with Gasteiger partial charge in [0.1, 0.15) is 12.1 Å². The van der Waals surface area contributed by atoms with Gasteiger partial charge >= 0.3 is 12.2 Å². The van der Waals surface area contributed by atoms with Gasteiger partial charge in [-0.25, -0.2) is 9.59 Å². The topological polar surface area (TPSA) is 114 Å². The van der Waals surface area contributed by atoms with E-state index in [0.29, 0.717) is 12.1 Å². The van der Waals surface area contributed by atoms with Gasteiger partial charge in [-0.1, -0.05) is 23.5 Å². The van der Waals surface area contributed by atoms with Crippen LogP contribution in [0.2, 0.25) is 0 Å². The third-order valence-electron chi connectivity index (χ3n) is 5.61. The molecule has 2 fully saturated rings. The van der Waals surface area contributed by atoms with Gasteiger partial charge in [0.15, 0.2) is 0 Å². The SMILES string of the molecule is COC(=O)NC1CN(c2ccc(C3C(C(C)C(N)=O)OC(=O)N3F)cc2)CC1C. The number of benzene rings is 1. The Kier molecular flexibility index (Phi) is 5.81. The van der Waals surface area contributed by atoms with E-state index >= 15 is 0 Å². The fourth-order valence-electron chi connectivity index (χ4n) is 3.79. The predicted octanol–water partition coefficient (Wildman–Crippen LogP) is 1.74. The number of nitrogens with zero attached hydrogens (tertiary/aromatic N) is 2. The molecule has 1 aromatic rings. The molecule has 0 radical (unpaired) electrons. The molecule has 0 aromatic heterocycles. The number of carbonyl (C=O) groups excluding carboxylic acids is 3. The Labute approximate surface area is 167 Å². The van der Waals surface area contributed by atoms with Crippen LogP contribution < -0.4 is 16.0 Å². The van der Waals surface area contributed by atoms with Gasteiger partial charge < -0.3 is 25.4 Å². The van der Waals surface area contributed by atoms with Crippen LogP contribution in [0.1, 0.15) is 25.5 Å². The third kappa shape index (κ3) is 4.06. The van der Waals surface area contributed by atoms with E-state index in [9.17, 15) is 18.9 Å². The Balaban J connectivity index is 1.75. The van der Waals surface area contributed by atoms with Crippen LogP contribution >= 0.6 is 0 Å². The first-order valence-corrected chi connectivity index (χ1v) is 9.37. The van der Waals surface area contributed by atoms with Crippen LogP contribution in [0.15, 0.2) is 24.3 Å². The van der Waals surface area contributed by atoms with E-state index in [1.165, 1.54) is 14.0 Å². The quantitative estimate of drug-likeness (QED) is 0.718. The summed E-state index contributed by atoms with van der Waals surface area (Å²) in [6.07, 6.45) is -2.61. The number of alkyl carbamates (subject to hydrolysis) is 1. The average Bonchev–Trinajstić information content (AvgIpc) is 3.21. The van der Waals surface area contributed by atoms with Crippen LogP contribution in [-0.4, -0.2) is 55.6 Å². The first-order chi connectivity index (χ1) is 13.7. The van der Waals surface area contributed by atoms with Crippen molar-refractivity contribution in [3.63, 3.8) is 0 Å². The summed E-state index contributed by atoms with van der Waals surface area (Å²) in [6.45, 7) is 4.88. The molecule has 2 saturated heterocycles. The minimum Gasteiger partial charge on any atom is -0.453 e. The summed E-state index contributed by atoms with van der Waals surface area (Å²) in [5.74, 6) is -1.29. The van der Waals surface area contributed by atoms with Gasteiger partial charge in [-0.3, -0.25) is 4.79 Å². The number of carbonyl (C=O) groups is 3. The minimum absolute atomic E-state index is 0.00659. The highest BCUT2D eigenvalue weighted by molar-refractivity contribution is 5.79. The summed E-state index contributed by atoms with van der Waals surface area (Å²) in [4.78, 5) is 36.8. The van der Waals surface area contributed by atoms with Crippen molar-refractivity contribution in [2.75, 3.05) is 25.1 Å². The molecule has 29 heavy (non-hydrogen) atoms. The van der Waals surface area contributed by atoms with Gasteiger partial charge in [0.2, 0.25) is 5.91 Å². The molecule has 0 saturated carbocycles. The maximum Gasteiger partial charge on any atom is 0.439 e. The smallest absolute Gasteiger partial charge is 0.439 e. The molecule has 9 nitrogen and oxygen atoms in total. The maximum absolute atomic E-state index is 14.3. The van der Waals surface area contributed by atoms with E-state index in [1.807, 2.05) is 19.1 Å². The van der Waals surface area contributed by atoms with Crippen LogP contribution in [-0.2, 0) is 14.3 Å². The van der Waals surface area contributed by atoms with E-state index in [-0.39, 0.29) is 17.1 Å². The number of methoxy groups -OCH3 is 1. The number of anilines is 1. The van der Waals surface area contributed by atoms with Crippen molar-refractivity contribution in [1.29, 1.82) is 0 Å². The average molecular weight is 408 g/mol. The zero-order chi connectivity index (χ0) is 21.3. The highest BCUT2D eigenvalue weighted by Crippen LogP contribution is 2.38. The highest BCUT2D eigenvalue weighted by Gasteiger charge is 2.47. The number of halogens is 1. The Morgan fingerprint density at radius 2 is 1.97 bits per heavy atom. The van der Waals surface area contributed by atoms with Gasteiger partial charge in [0, 0.05) is 18.8 Å². The molecule has 0 aliphatic carbocycles. The molecular weight excluding hydrogens is 383 g/mol. The number of ether oxygens (including phenoxy) is 2. The van der Waals surface area contributed by atoms with Crippen LogP contribution in [0.4, 0.5) is 19.8 Å². The van der Waals surface area contributed by atoms with Crippen molar-refractivity contribution in [1.82, 2.24) is 10.4 Å². The lowest BCUT2D eigenvalue weighted by Gasteiger charge is -2.23. The molecule has 10 heteroatoms. The molecule has 158 valence electrons. The van der Waals surface area contributed by atoms with E-state index in [4.69, 9.17) is 10.5 Å². The summed E-state index contributed by atoms with van der Waals surface area (Å²) in [5, 5.41) is 2.81. The first-order valence-electron chi connectivity index (χ1n) is 9.37. The van der Waals surface area contributed by atoms with Crippen molar-refractivity contribution >= 4 is 23.8 Å². The van der Waals surface area contributed by atoms with Crippen molar-refractivity contribution in [3.05, 3.63) is 29.8 Å². The Morgan fingerprint density at radius 3 is 2.55 bits per heavy atom. The second-order valence-electron chi connectivity index (χ2n) is 7.51. The van der Waals surface area contributed by atoms with E-state index in [2.05, 4.69) is 15.0 Å². The summed E-state index contributed by atoms with van der Waals surface area (Å²) >= 11 is 0. The van der Waals surface area contributed by atoms with Crippen molar-refractivity contribution in [2.45, 2.75) is 32.0 Å². The third-order valence-corrected chi connectivity index (χ3v) is 5.61. The van der Waals surface area contributed by atoms with Crippen molar-refractivity contribution in [2.24, 2.45) is 17.6 Å². The summed E-state index contributed by atoms with van der Waals surface area (Å²) in [7, 11) is 1.32. The Morgan fingerprint density at radius 1 is 1.31 bits per heavy atom. The molecule has 1 aromatic carbocycles. The van der Waals surface area contributed by atoms with Crippen LogP contribution in [0, 0.1) is 11.8 Å². The molecule has 2 aliphatic heterocycles. The number of primary amides is 1. The fraction of sp³-hybridized carbons (Fsp3) is 0.526. The Bertz CT molecular complexity index is 789. The van der Waals surface area contributed by atoms with Crippen molar-refractivity contribution in [3.8, 4) is 0 Å². The molecule has 0 bridgehead atoms. The number of nitrogens with two attached hydrogens (primary N) is 1. The van der Waals surface area contributed by atoms with Gasteiger partial charge in [-0.2, -0.15) is 0 Å². The number of amides is 3. The first kappa shape index (κ1) is 20.7. The van der Waals surface area contributed by atoms with Crippen LogP contribution in [0.3, 0.4) is 0 Å². The number of rotatable bonds is 5. The standard InChI is InChI=1S/C19H25FN4O5/c1-10-8-23(9-14(10)22-18(26)28-3)13-6-4-12(5-7-13)15-16(11(2)17(21)25)29-19(27)24(15)20/h4-7,10-11,14-16H,8-9H2,1-3H3,(H2,21,25)(H,22,26). The second kappa shape index (κ2) is 8.14. The molecule has 3 rings (SSSR count). The van der Waals surface area contributed by atoms with Crippen LogP contribution in [0.25, 0.3) is 0 Å². The molecule has 2 heterocycles. The summed E-state index contributed by atoms with van der Waals surface area (Å²) in [5.41, 5.74) is 6.70. The van der Waals surface area contributed by atoms with Gasteiger partial charge in [-0.05, 0) is 30.5 Å². The van der Waals surface area contributed by atoms with Gasteiger partial charge in [-0.15, -0.1) is 5.12 Å². The zero-order valence-corrected chi connectivity index (χ0v) is 16.5. The number of hydrogen-bond donors (Lipinski definition) is 2. The monoisotopic (exact) mass is 408 g/mol. The Hall–Kier alpha value is -3.04. The van der Waals surface area contributed by atoms with Gasteiger partial charge in [0.05, 0.1) is 19.1 Å². The molecule has 5 atom stereocenters. The van der Waals surface area contributed by atoms with E-state index in [0.717, 1.165) is 12.2 Å². The zero-order valence-electron chi connectivity index (χ0n) is 16.5. The van der Waals surface area contributed by atoms with Crippen molar-refractivity contribution < 1.29 is 28.3 Å². The largest absolute Gasteiger partial charge is 0.453 e. The number of cyclic esters (lactones) is 1. The predicted molar refractivity (Wildman–Crippen MR) is 101 cm³/mol. The lowest BCUT2D eigenvalue weighted by atomic mass is 9.92. The fourth-order valence-corrected chi connectivity index (χ4v) is 3.79. The highest BCUT2D eigenvalue weighted by atomic mass is 19.2. The molecular formula is C19H25FN4O5. The lowest BCUT2D eigenvalue weighted by molar-refractivity contribution is -0.124. The summed E-state index contributed by atoms with van der Waals surface area (Å²) in [6, 6.07) is 5.91. The molecule has 0 spiro atoms. The van der Waals surface area contributed by atoms with E-state index in [1.54, 1.807) is 12.1 Å². The lowest BCUT2D eigenvalue weighted by Crippen LogP contribution is -2.39. The molecule has 3 amide bonds.